The van der Waals surface area contributed by atoms with Gasteiger partial charge in [0.1, 0.15) is 23.8 Å². The minimum absolute atomic E-state index is 0.00636. The highest BCUT2D eigenvalue weighted by atomic mass is 35.5. The lowest BCUT2D eigenvalue weighted by atomic mass is 9.93. The van der Waals surface area contributed by atoms with Crippen LogP contribution in [0.4, 0.5) is 5.82 Å². The van der Waals surface area contributed by atoms with E-state index < -0.39 is 42.7 Å². The van der Waals surface area contributed by atoms with Crippen molar-refractivity contribution >= 4 is 34.6 Å². The number of halogens is 1. The summed E-state index contributed by atoms with van der Waals surface area (Å²) in [5, 5.41) is 45.0. The van der Waals surface area contributed by atoms with Crippen LogP contribution < -0.4 is 5.73 Å². The molecule has 5 rings (SSSR count). The minimum atomic E-state index is -1.98. The van der Waals surface area contributed by atoms with Gasteiger partial charge in [0.05, 0.1) is 12.9 Å². The molecule has 0 radical (unpaired) electrons. The molecule has 0 amide bonds. The standard InChI is InChI=1S/C22H24ClN9O6/c23-21-26-16(24)13-17(27-21)32(10-25-13)18-15(34)14(33)12(38-18)9-37-22(20(35)36,19-28-30-31-29-19)8-4-7-11-5-2-1-3-6-11/h1-3,5-6,10,12,14-15,18,33-34H,4,7-9H2,(H,35,36)(H2,24,26,27)(H,28,29,30,31)/t12-,14+,15-,18-,22?/m1/s1. The number of aromatic nitrogens is 8. The Hall–Kier alpha value is -3.76. The predicted molar refractivity (Wildman–Crippen MR) is 129 cm³/mol. The molecule has 0 bridgehead atoms. The highest BCUT2D eigenvalue weighted by Crippen LogP contribution is 2.35. The number of aromatic amines is 1. The number of tetrazole rings is 1. The van der Waals surface area contributed by atoms with E-state index in [0.717, 1.165) is 5.56 Å². The first-order valence-corrected chi connectivity index (χ1v) is 12.0. The number of nitrogens with one attached hydrogen (secondary N) is 1. The highest BCUT2D eigenvalue weighted by Gasteiger charge is 2.49. The number of hydrogen-bond donors (Lipinski definition) is 5. The Bertz CT molecular complexity index is 1410. The average Bonchev–Trinajstić information content (AvgIpc) is 3.63. The van der Waals surface area contributed by atoms with E-state index in [1.165, 1.54) is 10.9 Å². The fourth-order valence-corrected chi connectivity index (χ4v) is 4.62. The van der Waals surface area contributed by atoms with E-state index in [1.807, 2.05) is 30.3 Å². The smallest absolute Gasteiger partial charge is 0.344 e. The van der Waals surface area contributed by atoms with Crippen molar-refractivity contribution < 1.29 is 29.6 Å². The highest BCUT2D eigenvalue weighted by molar-refractivity contribution is 6.28. The molecule has 5 atom stereocenters. The normalized spacial score (nSPS) is 23.0. The van der Waals surface area contributed by atoms with Crippen LogP contribution in [0.3, 0.4) is 0 Å². The van der Waals surface area contributed by atoms with E-state index in [1.54, 1.807) is 0 Å². The molecule has 200 valence electrons. The average molecular weight is 546 g/mol. The summed E-state index contributed by atoms with van der Waals surface area (Å²) in [5.74, 6) is -1.47. The topological polar surface area (TPSA) is 220 Å². The van der Waals surface area contributed by atoms with E-state index in [2.05, 4.69) is 35.6 Å². The Balaban J connectivity index is 1.35. The number of aryl methyl sites for hydroxylation is 1. The zero-order chi connectivity index (χ0) is 26.9. The van der Waals surface area contributed by atoms with Gasteiger partial charge in [-0.25, -0.2) is 9.78 Å². The van der Waals surface area contributed by atoms with Gasteiger partial charge in [0.15, 0.2) is 17.7 Å². The number of aliphatic carboxylic acids is 1. The molecule has 0 saturated carbocycles. The van der Waals surface area contributed by atoms with Gasteiger partial charge in [0.2, 0.25) is 16.7 Å². The zero-order valence-electron chi connectivity index (χ0n) is 19.8. The summed E-state index contributed by atoms with van der Waals surface area (Å²) in [4.78, 5) is 24.6. The SMILES string of the molecule is Nc1nc(Cl)nc2c1ncn2[C@@H]1O[C@H](COC(CCCc2ccccc2)(C(=O)O)c2nn[nH]n2)[C@H](O)[C@H]1O. The van der Waals surface area contributed by atoms with Gasteiger partial charge in [0, 0.05) is 0 Å². The van der Waals surface area contributed by atoms with E-state index in [9.17, 15) is 20.1 Å². The summed E-state index contributed by atoms with van der Waals surface area (Å²) >= 11 is 5.92. The number of H-pyrrole nitrogens is 1. The predicted octanol–water partition coefficient (Wildman–Crippen LogP) is 0.214. The molecule has 4 heterocycles. The first-order valence-electron chi connectivity index (χ1n) is 11.6. The van der Waals surface area contributed by atoms with Crippen LogP contribution in [0.15, 0.2) is 36.7 Å². The van der Waals surface area contributed by atoms with Gasteiger partial charge in [-0.1, -0.05) is 35.5 Å². The summed E-state index contributed by atoms with van der Waals surface area (Å²) in [6.45, 7) is -0.411. The number of nitrogen functional groups attached to an aromatic ring is 1. The summed E-state index contributed by atoms with van der Waals surface area (Å²) in [6, 6.07) is 9.56. The maximum Gasteiger partial charge on any atom is 0.344 e. The summed E-state index contributed by atoms with van der Waals surface area (Å²) < 4.78 is 13.1. The third kappa shape index (κ3) is 4.77. The number of fused-ring (bicyclic) bond motifs is 1. The molecule has 1 saturated heterocycles. The fraction of sp³-hybridized carbons (Fsp3) is 0.409. The molecule has 16 heteroatoms. The minimum Gasteiger partial charge on any atom is -0.479 e. The van der Waals surface area contributed by atoms with Crippen LogP contribution >= 0.6 is 11.6 Å². The first-order chi connectivity index (χ1) is 18.3. The number of imidazole rings is 1. The van der Waals surface area contributed by atoms with Crippen molar-refractivity contribution in [3.8, 4) is 0 Å². The Labute approximate surface area is 219 Å². The molecule has 38 heavy (non-hydrogen) atoms. The molecule has 0 spiro atoms. The van der Waals surface area contributed by atoms with Crippen LogP contribution in [0.25, 0.3) is 11.2 Å². The van der Waals surface area contributed by atoms with Gasteiger partial charge in [0.25, 0.3) is 0 Å². The van der Waals surface area contributed by atoms with Gasteiger partial charge in [-0.3, -0.25) is 4.57 Å². The number of aliphatic hydroxyl groups excluding tert-OH is 2. The molecule has 4 aromatic rings. The van der Waals surface area contributed by atoms with Crippen molar-refractivity contribution in [3.05, 3.63) is 53.3 Å². The van der Waals surface area contributed by atoms with E-state index >= 15 is 0 Å². The number of anilines is 1. The van der Waals surface area contributed by atoms with Crippen molar-refractivity contribution in [2.24, 2.45) is 0 Å². The molecule has 1 unspecified atom stereocenters. The molecule has 0 aliphatic carbocycles. The van der Waals surface area contributed by atoms with Crippen LogP contribution in [0.1, 0.15) is 30.5 Å². The number of rotatable bonds is 10. The molecule has 6 N–H and O–H groups in total. The lowest BCUT2D eigenvalue weighted by molar-refractivity contribution is -0.179. The third-order valence-electron chi connectivity index (χ3n) is 6.42. The summed E-state index contributed by atoms with van der Waals surface area (Å²) in [5.41, 5.74) is 5.31. The molecule has 15 nitrogen and oxygen atoms in total. The largest absolute Gasteiger partial charge is 0.479 e. The van der Waals surface area contributed by atoms with E-state index in [-0.39, 0.29) is 34.5 Å². The quantitative estimate of drug-likeness (QED) is 0.168. The van der Waals surface area contributed by atoms with Gasteiger partial charge in [-0.2, -0.15) is 15.2 Å². The Morgan fingerprint density at radius 2 is 2.03 bits per heavy atom. The van der Waals surface area contributed by atoms with Gasteiger partial charge in [-0.15, -0.1) is 10.2 Å². The lowest BCUT2D eigenvalue weighted by Crippen LogP contribution is -2.44. The van der Waals surface area contributed by atoms with Crippen LogP contribution in [-0.4, -0.2) is 86.4 Å². The number of benzene rings is 1. The number of hydrogen-bond acceptors (Lipinski definition) is 12. The first kappa shape index (κ1) is 25.9. The number of carbonyl (C=O) groups is 1. The second kappa shape index (κ2) is 10.5. The van der Waals surface area contributed by atoms with Gasteiger partial charge < -0.3 is 30.5 Å². The van der Waals surface area contributed by atoms with Crippen LogP contribution in [0.5, 0.6) is 0 Å². The van der Waals surface area contributed by atoms with Crippen LogP contribution in [0, 0.1) is 0 Å². The molecular weight excluding hydrogens is 522 g/mol. The lowest BCUT2D eigenvalue weighted by Gasteiger charge is -2.28. The fourth-order valence-electron chi connectivity index (χ4n) is 4.45. The molecule has 1 aliphatic heterocycles. The number of nitrogens with two attached hydrogens (primary N) is 1. The van der Waals surface area contributed by atoms with Crippen LogP contribution in [-0.2, 0) is 26.3 Å². The van der Waals surface area contributed by atoms with Gasteiger partial charge in [-0.05, 0) is 36.4 Å². The molecular formula is C22H24ClN9O6. The summed E-state index contributed by atoms with van der Waals surface area (Å²) in [6.07, 6.45) is -2.80. The number of carboxylic acids is 1. The van der Waals surface area contributed by atoms with Gasteiger partial charge >= 0.3 is 5.97 Å². The third-order valence-corrected chi connectivity index (χ3v) is 6.58. The Morgan fingerprint density at radius 3 is 2.74 bits per heavy atom. The molecule has 1 fully saturated rings. The maximum atomic E-state index is 12.5. The Morgan fingerprint density at radius 1 is 1.24 bits per heavy atom. The van der Waals surface area contributed by atoms with Crippen LogP contribution in [0.2, 0.25) is 5.28 Å². The van der Waals surface area contributed by atoms with E-state index in [4.69, 9.17) is 26.8 Å². The van der Waals surface area contributed by atoms with Crippen molar-refractivity contribution in [3.63, 3.8) is 0 Å². The van der Waals surface area contributed by atoms with Crippen molar-refractivity contribution in [1.82, 2.24) is 40.1 Å². The van der Waals surface area contributed by atoms with Crippen molar-refractivity contribution in [1.29, 1.82) is 0 Å². The van der Waals surface area contributed by atoms with Crippen molar-refractivity contribution in [2.75, 3.05) is 12.3 Å². The van der Waals surface area contributed by atoms with E-state index in [0.29, 0.717) is 12.8 Å². The number of ether oxygens (including phenoxy) is 2. The van der Waals surface area contributed by atoms with Crippen molar-refractivity contribution in [2.45, 2.75) is 49.4 Å². The maximum absolute atomic E-state index is 12.5. The number of carboxylic acid groups (broad SMARTS) is 1. The monoisotopic (exact) mass is 545 g/mol. The summed E-state index contributed by atoms with van der Waals surface area (Å²) in [7, 11) is 0. The molecule has 1 aliphatic rings. The molecule has 3 aromatic heterocycles. The zero-order valence-corrected chi connectivity index (χ0v) is 20.5. The molecule has 1 aromatic carbocycles. The second-order valence-corrected chi connectivity index (χ2v) is 9.10. The number of aliphatic hydroxyl groups is 2. The Kier molecular flexibility index (Phi) is 7.18. The second-order valence-electron chi connectivity index (χ2n) is 8.77. The number of nitrogens with zero attached hydrogens (tertiary/aromatic N) is 7.